The van der Waals surface area contributed by atoms with Crippen LogP contribution in [0.25, 0.3) is 0 Å². The van der Waals surface area contributed by atoms with Crippen LogP contribution in [0.15, 0.2) is 48.6 Å². The topological polar surface area (TPSA) is 117 Å². The maximum Gasteiger partial charge on any atom is 0.472 e. The normalized spacial score (nSPS) is 14.4. The molecule has 0 saturated heterocycles. The van der Waals surface area contributed by atoms with Gasteiger partial charge in [-0.3, -0.25) is 13.8 Å². The molecule has 0 aromatic carbocycles. The van der Waals surface area contributed by atoms with Crippen molar-refractivity contribution in [2.75, 3.05) is 33.0 Å². The number of unbranched alkanes of at least 4 members (excludes halogenated alkanes) is 10. The van der Waals surface area contributed by atoms with E-state index in [9.17, 15) is 14.3 Å². The molecular formula is C34H62NO7P. The van der Waals surface area contributed by atoms with Crippen molar-refractivity contribution < 1.29 is 32.8 Å². The molecule has 0 aliphatic carbocycles. The molecule has 43 heavy (non-hydrogen) atoms. The third kappa shape index (κ3) is 31.7. The Kier molecular flexibility index (Phi) is 30.7. The van der Waals surface area contributed by atoms with Gasteiger partial charge in [-0.2, -0.15) is 0 Å². The Morgan fingerprint density at radius 3 is 1.93 bits per heavy atom. The average molecular weight is 628 g/mol. The SMILES string of the molecule is CC/C=C\C/C=C\C/C=C\C/C=C\CCCCCCCCCOCC(COP(=O)(O)OCCN)OC(=O)CCCCCC. The summed E-state index contributed by atoms with van der Waals surface area (Å²) >= 11 is 0. The van der Waals surface area contributed by atoms with Crippen LogP contribution in [0, 0.1) is 0 Å². The van der Waals surface area contributed by atoms with Crippen molar-refractivity contribution in [3.05, 3.63) is 48.6 Å². The number of carbonyl (C=O) groups excluding carboxylic acids is 1. The fraction of sp³-hybridized carbons (Fsp3) is 0.735. The summed E-state index contributed by atoms with van der Waals surface area (Å²) in [6.45, 7) is 4.63. The van der Waals surface area contributed by atoms with Gasteiger partial charge in [-0.15, -0.1) is 0 Å². The number of phosphoric acid groups is 1. The summed E-state index contributed by atoms with van der Waals surface area (Å²) in [6.07, 6.45) is 34.6. The summed E-state index contributed by atoms with van der Waals surface area (Å²) in [5, 5.41) is 0. The summed E-state index contributed by atoms with van der Waals surface area (Å²) in [5.74, 6) is -0.356. The molecule has 0 aliphatic rings. The quantitative estimate of drug-likeness (QED) is 0.0339. The number of allylic oxidation sites excluding steroid dienone is 8. The van der Waals surface area contributed by atoms with Crippen LogP contribution in [0.5, 0.6) is 0 Å². The second kappa shape index (κ2) is 31.9. The van der Waals surface area contributed by atoms with Gasteiger partial charge in [-0.1, -0.05) is 114 Å². The zero-order chi connectivity index (χ0) is 31.7. The second-order valence-corrected chi connectivity index (χ2v) is 12.1. The first-order valence-corrected chi connectivity index (χ1v) is 18.1. The maximum absolute atomic E-state index is 12.2. The van der Waals surface area contributed by atoms with Crippen LogP contribution in [0.4, 0.5) is 0 Å². The first kappa shape index (κ1) is 41.5. The Morgan fingerprint density at radius 2 is 1.30 bits per heavy atom. The summed E-state index contributed by atoms with van der Waals surface area (Å²) in [7, 11) is -4.26. The number of phosphoric ester groups is 1. The predicted octanol–water partition coefficient (Wildman–Crippen LogP) is 8.90. The molecule has 2 unspecified atom stereocenters. The van der Waals surface area contributed by atoms with E-state index in [2.05, 4.69) is 62.5 Å². The number of hydrogen-bond donors (Lipinski definition) is 2. The minimum Gasteiger partial charge on any atom is -0.457 e. The Labute approximate surface area is 262 Å². The fourth-order valence-corrected chi connectivity index (χ4v) is 4.87. The van der Waals surface area contributed by atoms with Crippen molar-refractivity contribution in [2.24, 2.45) is 5.73 Å². The molecule has 0 fully saturated rings. The van der Waals surface area contributed by atoms with Crippen molar-refractivity contribution in [1.82, 2.24) is 0 Å². The molecular weight excluding hydrogens is 565 g/mol. The highest BCUT2D eigenvalue weighted by molar-refractivity contribution is 7.47. The third-order valence-corrected chi connectivity index (χ3v) is 7.49. The Bertz CT molecular complexity index is 798. The number of esters is 1. The van der Waals surface area contributed by atoms with E-state index in [4.69, 9.17) is 24.3 Å². The van der Waals surface area contributed by atoms with E-state index >= 15 is 0 Å². The van der Waals surface area contributed by atoms with Gasteiger partial charge >= 0.3 is 13.8 Å². The Balaban J connectivity index is 3.94. The van der Waals surface area contributed by atoms with Crippen molar-refractivity contribution in [1.29, 1.82) is 0 Å². The minimum atomic E-state index is -4.26. The van der Waals surface area contributed by atoms with Gasteiger partial charge in [-0.25, -0.2) is 4.57 Å². The van der Waals surface area contributed by atoms with Crippen LogP contribution in [0.2, 0.25) is 0 Å². The molecule has 0 bridgehead atoms. The molecule has 2 atom stereocenters. The monoisotopic (exact) mass is 627 g/mol. The Hall–Kier alpha value is -1.54. The molecule has 0 aromatic rings. The van der Waals surface area contributed by atoms with Gasteiger partial charge in [0.1, 0.15) is 6.10 Å². The lowest BCUT2D eigenvalue weighted by molar-refractivity contribution is -0.154. The van der Waals surface area contributed by atoms with Crippen molar-refractivity contribution in [3.8, 4) is 0 Å². The standard InChI is InChI=1S/C34H62NO7P/c1-3-5-7-9-10-11-12-13-14-15-16-17-18-19-20-21-22-23-24-26-29-39-31-33(32-41-43(37,38)40-30-28-35)42-34(36)27-25-8-6-4-2/h5,7,10-11,13-14,16-17,33H,3-4,6,8-9,12,15,18-32,35H2,1-2H3,(H,37,38)/b7-5-,11-10-,14-13-,17-16-. The number of nitrogens with two attached hydrogens (primary N) is 1. The highest BCUT2D eigenvalue weighted by Gasteiger charge is 2.25. The predicted molar refractivity (Wildman–Crippen MR) is 178 cm³/mol. The van der Waals surface area contributed by atoms with E-state index < -0.39 is 13.9 Å². The van der Waals surface area contributed by atoms with Gasteiger partial charge < -0.3 is 20.1 Å². The fourth-order valence-electron chi connectivity index (χ4n) is 4.10. The van der Waals surface area contributed by atoms with Crippen molar-refractivity contribution in [2.45, 2.75) is 129 Å². The smallest absolute Gasteiger partial charge is 0.457 e. The van der Waals surface area contributed by atoms with Gasteiger partial charge in [0.15, 0.2) is 0 Å². The molecule has 250 valence electrons. The average Bonchev–Trinajstić information content (AvgIpc) is 2.99. The van der Waals surface area contributed by atoms with Crippen LogP contribution in [0.1, 0.15) is 123 Å². The van der Waals surface area contributed by atoms with E-state index in [1.807, 2.05) is 0 Å². The molecule has 0 rings (SSSR count). The Morgan fingerprint density at radius 1 is 0.721 bits per heavy atom. The van der Waals surface area contributed by atoms with E-state index in [-0.39, 0.29) is 32.3 Å². The largest absolute Gasteiger partial charge is 0.472 e. The van der Waals surface area contributed by atoms with E-state index in [1.54, 1.807) is 0 Å². The first-order valence-electron chi connectivity index (χ1n) is 16.6. The van der Waals surface area contributed by atoms with Crippen LogP contribution >= 0.6 is 7.82 Å². The highest BCUT2D eigenvalue weighted by atomic mass is 31.2. The molecule has 0 aliphatic heterocycles. The van der Waals surface area contributed by atoms with Crippen molar-refractivity contribution in [3.63, 3.8) is 0 Å². The van der Waals surface area contributed by atoms with Gasteiger partial charge in [0.05, 0.1) is 19.8 Å². The van der Waals surface area contributed by atoms with Crippen LogP contribution < -0.4 is 5.73 Å². The molecule has 0 aromatic heterocycles. The number of hydrogen-bond acceptors (Lipinski definition) is 7. The summed E-state index contributed by atoms with van der Waals surface area (Å²) in [6, 6.07) is 0. The van der Waals surface area contributed by atoms with E-state index in [0.29, 0.717) is 13.0 Å². The lowest BCUT2D eigenvalue weighted by atomic mass is 10.1. The lowest BCUT2D eigenvalue weighted by Gasteiger charge is -2.20. The van der Waals surface area contributed by atoms with Gasteiger partial charge in [0.2, 0.25) is 0 Å². The molecule has 0 radical (unpaired) electrons. The highest BCUT2D eigenvalue weighted by Crippen LogP contribution is 2.43. The minimum absolute atomic E-state index is 0.0965. The molecule has 9 heteroatoms. The summed E-state index contributed by atoms with van der Waals surface area (Å²) in [5.41, 5.74) is 5.31. The van der Waals surface area contributed by atoms with Gasteiger partial charge in [0, 0.05) is 19.6 Å². The zero-order valence-corrected chi connectivity index (χ0v) is 28.1. The van der Waals surface area contributed by atoms with Crippen LogP contribution in [-0.2, 0) is 27.9 Å². The lowest BCUT2D eigenvalue weighted by Crippen LogP contribution is -2.28. The van der Waals surface area contributed by atoms with Crippen LogP contribution in [-0.4, -0.2) is 49.9 Å². The second-order valence-electron chi connectivity index (χ2n) is 10.6. The van der Waals surface area contributed by atoms with E-state index in [0.717, 1.165) is 70.6 Å². The number of ether oxygens (including phenoxy) is 2. The first-order chi connectivity index (χ1) is 20.9. The number of carbonyl (C=O) groups is 1. The van der Waals surface area contributed by atoms with Gasteiger partial charge in [0.25, 0.3) is 0 Å². The van der Waals surface area contributed by atoms with Crippen LogP contribution in [0.3, 0.4) is 0 Å². The van der Waals surface area contributed by atoms with E-state index in [1.165, 1.54) is 32.1 Å². The van der Waals surface area contributed by atoms with Crippen molar-refractivity contribution >= 4 is 13.8 Å². The summed E-state index contributed by atoms with van der Waals surface area (Å²) < 4.78 is 32.9. The molecule has 0 heterocycles. The molecule has 0 saturated carbocycles. The third-order valence-electron chi connectivity index (χ3n) is 6.51. The summed E-state index contributed by atoms with van der Waals surface area (Å²) in [4.78, 5) is 22.0. The molecule has 0 amide bonds. The molecule has 0 spiro atoms. The maximum atomic E-state index is 12.2. The zero-order valence-electron chi connectivity index (χ0n) is 27.2. The van der Waals surface area contributed by atoms with Gasteiger partial charge in [-0.05, 0) is 51.4 Å². The molecule has 8 nitrogen and oxygen atoms in total. The molecule has 3 N–H and O–H groups in total. The number of rotatable bonds is 31.